The maximum absolute atomic E-state index is 12.8. The number of rotatable bonds is 5. The minimum atomic E-state index is -0.513. The number of nitrogens with zero attached hydrogens (tertiary/aromatic N) is 4. The Bertz CT molecular complexity index is 936. The second kappa shape index (κ2) is 7.03. The van der Waals surface area contributed by atoms with Gasteiger partial charge < -0.3 is 5.32 Å². The molecule has 3 aromatic heterocycles. The molecule has 0 radical (unpaired) electrons. The average Bonchev–Trinajstić information content (AvgIpc) is 3.27. The van der Waals surface area contributed by atoms with Gasteiger partial charge in [-0.05, 0) is 37.8 Å². The number of aromatic nitrogens is 3. The van der Waals surface area contributed by atoms with Crippen molar-refractivity contribution in [2.24, 2.45) is 0 Å². The first-order valence-corrected chi connectivity index (χ1v) is 9.05. The number of thiophene rings is 1. The summed E-state index contributed by atoms with van der Waals surface area (Å²) in [4.78, 5) is 18.5. The summed E-state index contributed by atoms with van der Waals surface area (Å²) in [6.45, 7) is 5.91. The van der Waals surface area contributed by atoms with Gasteiger partial charge in [0.1, 0.15) is 6.04 Å². The third-order valence-electron chi connectivity index (χ3n) is 3.94. The highest BCUT2D eigenvalue weighted by molar-refractivity contribution is 7.13. The van der Waals surface area contributed by atoms with Crippen LogP contribution < -0.4 is 5.32 Å². The molecule has 0 fully saturated rings. The maximum Gasteiger partial charge on any atom is 0.253 e. The van der Waals surface area contributed by atoms with Crippen LogP contribution in [0.2, 0.25) is 0 Å². The quantitative estimate of drug-likeness (QED) is 0.757. The molecule has 0 aromatic carbocycles. The molecule has 0 aliphatic carbocycles. The molecule has 6 nitrogen and oxygen atoms in total. The van der Waals surface area contributed by atoms with Gasteiger partial charge in [-0.25, -0.2) is 9.67 Å². The Morgan fingerprint density at radius 1 is 1.48 bits per heavy atom. The summed E-state index contributed by atoms with van der Waals surface area (Å²) in [5.41, 5.74) is 1.91. The predicted octanol–water partition coefficient (Wildman–Crippen LogP) is 3.77. The van der Waals surface area contributed by atoms with E-state index in [-0.39, 0.29) is 11.9 Å². The smallest absolute Gasteiger partial charge is 0.253 e. The van der Waals surface area contributed by atoms with Gasteiger partial charge in [0.2, 0.25) is 0 Å². The zero-order valence-electron chi connectivity index (χ0n) is 14.4. The van der Waals surface area contributed by atoms with Crippen LogP contribution in [0.4, 0.5) is 0 Å². The molecule has 25 heavy (non-hydrogen) atoms. The number of carbonyl (C=O) groups is 1. The van der Waals surface area contributed by atoms with Crippen molar-refractivity contribution < 1.29 is 4.79 Å². The van der Waals surface area contributed by atoms with Crippen LogP contribution in [0, 0.1) is 11.3 Å². The fraction of sp³-hybridized carbons (Fsp3) is 0.333. The highest BCUT2D eigenvalue weighted by atomic mass is 32.1. The van der Waals surface area contributed by atoms with Gasteiger partial charge in [0.25, 0.3) is 5.91 Å². The Morgan fingerprint density at radius 2 is 2.28 bits per heavy atom. The normalized spacial score (nSPS) is 12.3. The molecular weight excluding hydrogens is 334 g/mol. The van der Waals surface area contributed by atoms with E-state index in [1.165, 1.54) is 0 Å². The van der Waals surface area contributed by atoms with Crippen LogP contribution in [0.15, 0.2) is 29.8 Å². The summed E-state index contributed by atoms with van der Waals surface area (Å²) in [7, 11) is 0. The van der Waals surface area contributed by atoms with Crippen molar-refractivity contribution in [3.63, 3.8) is 0 Å². The largest absolute Gasteiger partial charge is 0.336 e. The first-order chi connectivity index (χ1) is 12.0. The topological polar surface area (TPSA) is 83.6 Å². The number of amides is 1. The standard InChI is InChI=1S/C18H19N5OS/c1-4-12(9-19)21-18(24)13-8-15(16-6-5-7-25-16)22-17-14(13)10-20-23(17)11(2)3/h5-8,10-12H,4H2,1-3H3,(H,21,24)/t12-/m0/s1. The van der Waals surface area contributed by atoms with Gasteiger partial charge in [-0.15, -0.1) is 11.3 Å². The molecular formula is C18H19N5OS. The van der Waals surface area contributed by atoms with Crippen LogP contribution in [0.5, 0.6) is 0 Å². The van der Waals surface area contributed by atoms with E-state index in [9.17, 15) is 4.79 Å². The molecule has 0 aliphatic rings. The molecule has 1 atom stereocenters. The monoisotopic (exact) mass is 353 g/mol. The van der Waals surface area contributed by atoms with Gasteiger partial charge in [-0.2, -0.15) is 10.4 Å². The van der Waals surface area contributed by atoms with Crippen molar-refractivity contribution in [1.29, 1.82) is 5.26 Å². The van der Waals surface area contributed by atoms with E-state index in [0.29, 0.717) is 23.0 Å². The van der Waals surface area contributed by atoms with E-state index >= 15 is 0 Å². The Labute approximate surface area is 150 Å². The average molecular weight is 353 g/mol. The number of nitriles is 1. The van der Waals surface area contributed by atoms with Crippen LogP contribution in [0.25, 0.3) is 21.6 Å². The number of carbonyl (C=O) groups excluding carboxylic acids is 1. The molecule has 3 aromatic rings. The number of fused-ring (bicyclic) bond motifs is 1. The van der Waals surface area contributed by atoms with Crippen molar-refractivity contribution in [1.82, 2.24) is 20.1 Å². The predicted molar refractivity (Wildman–Crippen MR) is 98.4 cm³/mol. The van der Waals surface area contributed by atoms with Crippen LogP contribution in [-0.4, -0.2) is 26.7 Å². The Balaban J connectivity index is 2.16. The fourth-order valence-electron chi connectivity index (χ4n) is 2.60. The summed E-state index contributed by atoms with van der Waals surface area (Å²) in [6, 6.07) is 7.42. The number of nitrogens with one attached hydrogen (secondary N) is 1. The van der Waals surface area contributed by atoms with Crippen molar-refractivity contribution in [3.05, 3.63) is 35.3 Å². The molecule has 3 heterocycles. The van der Waals surface area contributed by atoms with Crippen molar-refractivity contribution in [3.8, 4) is 16.6 Å². The molecule has 0 unspecified atom stereocenters. The third-order valence-corrected chi connectivity index (χ3v) is 4.84. The zero-order chi connectivity index (χ0) is 18.0. The second-order valence-corrected chi connectivity index (χ2v) is 6.96. The highest BCUT2D eigenvalue weighted by Gasteiger charge is 2.20. The molecule has 0 spiro atoms. The van der Waals surface area contributed by atoms with Gasteiger partial charge in [-0.1, -0.05) is 13.0 Å². The van der Waals surface area contributed by atoms with E-state index in [0.717, 1.165) is 10.6 Å². The Kier molecular flexibility index (Phi) is 4.81. The molecule has 3 rings (SSSR count). The van der Waals surface area contributed by atoms with Gasteiger partial charge >= 0.3 is 0 Å². The maximum atomic E-state index is 12.8. The van der Waals surface area contributed by atoms with E-state index in [1.54, 1.807) is 23.6 Å². The van der Waals surface area contributed by atoms with Crippen molar-refractivity contribution in [2.75, 3.05) is 0 Å². The lowest BCUT2D eigenvalue weighted by Crippen LogP contribution is -2.33. The summed E-state index contributed by atoms with van der Waals surface area (Å²) in [6.07, 6.45) is 2.22. The zero-order valence-corrected chi connectivity index (χ0v) is 15.2. The van der Waals surface area contributed by atoms with E-state index in [1.807, 2.05) is 43.0 Å². The molecule has 0 bridgehead atoms. The van der Waals surface area contributed by atoms with Crippen molar-refractivity contribution >= 4 is 28.3 Å². The van der Waals surface area contributed by atoms with E-state index in [4.69, 9.17) is 10.2 Å². The minimum Gasteiger partial charge on any atom is -0.336 e. The number of hydrogen-bond acceptors (Lipinski definition) is 5. The molecule has 128 valence electrons. The summed E-state index contributed by atoms with van der Waals surface area (Å²) >= 11 is 1.57. The fourth-order valence-corrected chi connectivity index (χ4v) is 3.28. The molecule has 1 amide bonds. The molecule has 0 saturated heterocycles. The van der Waals surface area contributed by atoms with Gasteiger partial charge in [0.05, 0.1) is 33.8 Å². The highest BCUT2D eigenvalue weighted by Crippen LogP contribution is 2.28. The SMILES string of the molecule is CC[C@@H](C#N)NC(=O)c1cc(-c2cccs2)nc2c1cnn2C(C)C. The van der Waals surface area contributed by atoms with Gasteiger partial charge in [-0.3, -0.25) is 4.79 Å². The third kappa shape index (κ3) is 3.26. The van der Waals surface area contributed by atoms with Crippen LogP contribution in [0.1, 0.15) is 43.6 Å². The Morgan fingerprint density at radius 3 is 2.88 bits per heavy atom. The van der Waals surface area contributed by atoms with Crippen LogP contribution >= 0.6 is 11.3 Å². The van der Waals surface area contributed by atoms with E-state index in [2.05, 4.69) is 16.5 Å². The van der Waals surface area contributed by atoms with E-state index < -0.39 is 6.04 Å². The lowest BCUT2D eigenvalue weighted by Gasteiger charge is -2.12. The summed E-state index contributed by atoms with van der Waals surface area (Å²) in [5, 5.41) is 19.0. The van der Waals surface area contributed by atoms with Crippen LogP contribution in [0.3, 0.4) is 0 Å². The lowest BCUT2D eigenvalue weighted by atomic mass is 10.1. The lowest BCUT2D eigenvalue weighted by molar-refractivity contribution is 0.0946. The first-order valence-electron chi connectivity index (χ1n) is 8.17. The number of pyridine rings is 1. The van der Waals surface area contributed by atoms with Gasteiger partial charge in [0, 0.05) is 6.04 Å². The van der Waals surface area contributed by atoms with Gasteiger partial charge in [0.15, 0.2) is 5.65 Å². The molecule has 1 N–H and O–H groups in total. The molecule has 0 aliphatic heterocycles. The van der Waals surface area contributed by atoms with Crippen molar-refractivity contribution in [2.45, 2.75) is 39.3 Å². The van der Waals surface area contributed by atoms with Crippen LogP contribution in [-0.2, 0) is 0 Å². The second-order valence-electron chi connectivity index (χ2n) is 6.02. The first kappa shape index (κ1) is 17.1. The molecule has 0 saturated carbocycles. The molecule has 7 heteroatoms. The summed E-state index contributed by atoms with van der Waals surface area (Å²) < 4.78 is 1.81. The number of hydrogen-bond donors (Lipinski definition) is 1. The summed E-state index contributed by atoms with van der Waals surface area (Å²) in [5.74, 6) is -0.276. The minimum absolute atomic E-state index is 0.127. The Hall–Kier alpha value is -2.72.